The van der Waals surface area contributed by atoms with E-state index in [0.29, 0.717) is 47.1 Å². The normalized spacial score (nSPS) is 17.8. The second-order valence-electron chi connectivity index (χ2n) is 16.3. The molecule has 2 saturated heterocycles. The number of nitrogens with zero attached hydrogens (tertiary/aromatic N) is 6. The van der Waals surface area contributed by atoms with Crippen LogP contribution >= 0.6 is 0 Å². The number of pyridine rings is 2. The summed E-state index contributed by atoms with van der Waals surface area (Å²) >= 11 is 0. The molecule has 0 saturated carbocycles. The van der Waals surface area contributed by atoms with Gasteiger partial charge in [-0.15, -0.1) is 0 Å². The van der Waals surface area contributed by atoms with Crippen LogP contribution in [0.4, 0.5) is 9.59 Å². The van der Waals surface area contributed by atoms with Crippen molar-refractivity contribution in [3.63, 3.8) is 0 Å². The number of methoxy groups -OCH3 is 2. The lowest BCUT2D eigenvalue weighted by Gasteiger charge is -2.29. The van der Waals surface area contributed by atoms with Crippen LogP contribution in [-0.2, 0) is 19.1 Å². The zero-order valence-corrected chi connectivity index (χ0v) is 34.6. The predicted molar refractivity (Wildman–Crippen MR) is 225 cm³/mol. The summed E-state index contributed by atoms with van der Waals surface area (Å²) in [7, 11) is 2.57. The molecule has 4 aromatic heterocycles. The number of carbonyl (C=O) groups excluding carboxylic acids is 4. The van der Waals surface area contributed by atoms with E-state index in [4.69, 9.17) is 29.4 Å². The molecule has 60 heavy (non-hydrogen) atoms. The maximum absolute atomic E-state index is 13.6. The Balaban J connectivity index is 0.993. The van der Waals surface area contributed by atoms with Crippen LogP contribution in [0.2, 0.25) is 0 Å². The number of imidazole rings is 2. The molecule has 0 aliphatic carbocycles. The van der Waals surface area contributed by atoms with E-state index in [1.165, 1.54) is 14.2 Å². The number of carbonyl (C=O) groups is 4. The highest BCUT2D eigenvalue weighted by Gasteiger charge is 2.39. The van der Waals surface area contributed by atoms with E-state index in [1.807, 2.05) is 52.2 Å². The number of aromatic amines is 2. The highest BCUT2D eigenvalue weighted by Crippen LogP contribution is 2.36. The molecule has 2 aromatic carbocycles. The smallest absolute Gasteiger partial charge is 0.407 e. The van der Waals surface area contributed by atoms with Gasteiger partial charge in [-0.1, -0.05) is 52.0 Å². The van der Waals surface area contributed by atoms with Gasteiger partial charge in [0.15, 0.2) is 11.3 Å². The molecule has 0 radical (unpaired) electrons. The van der Waals surface area contributed by atoms with Crippen molar-refractivity contribution in [1.29, 1.82) is 0 Å². The number of hydrogen-bond donors (Lipinski definition) is 4. The van der Waals surface area contributed by atoms with Gasteiger partial charge in [0.25, 0.3) is 0 Å². The standard InChI is InChI=1S/C44H50N10O6/c1-23(2)35(49-43(57)59-5)41(55)53-15-7-9-33(53)39-47-31-19-29(21-45-37(31)51-39)27-13-11-26-18-28(14-12-25(26)17-27)30-20-32-38(46-22-30)52-40(48-32)34-10-8-16-54(34)42(56)36(24(3)4)50-44(58)60-6/h11-14,17-24,33-36H,7-10,15-16H2,1-6H3,(H,49,57)(H,50,58)(H,45,47,51)(H,46,48,52)/t33-,34-,35?,36?/m0/s1. The Morgan fingerprint density at radius 1 is 0.633 bits per heavy atom. The van der Waals surface area contributed by atoms with Crippen LogP contribution in [0, 0.1) is 11.8 Å². The van der Waals surface area contributed by atoms with Crippen molar-refractivity contribution in [2.24, 2.45) is 11.8 Å². The number of fused-ring (bicyclic) bond motifs is 3. The third kappa shape index (κ3) is 7.80. The first kappa shape index (κ1) is 40.2. The molecule has 6 heterocycles. The zero-order chi connectivity index (χ0) is 42.2. The second kappa shape index (κ2) is 16.6. The molecule has 8 rings (SSSR count). The summed E-state index contributed by atoms with van der Waals surface area (Å²) < 4.78 is 9.54. The number of H-pyrrole nitrogens is 2. The Labute approximate surface area is 346 Å². The number of amides is 4. The van der Waals surface area contributed by atoms with Crippen LogP contribution in [0.1, 0.15) is 77.1 Å². The molecule has 4 N–H and O–H groups in total. The molecule has 0 bridgehead atoms. The van der Waals surface area contributed by atoms with Crippen LogP contribution in [0.5, 0.6) is 0 Å². The van der Waals surface area contributed by atoms with E-state index < -0.39 is 24.3 Å². The summed E-state index contributed by atoms with van der Waals surface area (Å²) in [5, 5.41) is 7.51. The lowest BCUT2D eigenvalue weighted by atomic mass is 9.99. The number of benzene rings is 2. The topological polar surface area (TPSA) is 200 Å². The Bertz CT molecular complexity index is 2420. The monoisotopic (exact) mass is 814 g/mol. The molecule has 312 valence electrons. The fourth-order valence-electron chi connectivity index (χ4n) is 8.45. The second-order valence-corrected chi connectivity index (χ2v) is 16.3. The van der Waals surface area contributed by atoms with E-state index >= 15 is 0 Å². The van der Waals surface area contributed by atoms with Gasteiger partial charge in [-0.3, -0.25) is 9.59 Å². The Kier molecular flexibility index (Phi) is 11.1. The zero-order valence-electron chi connectivity index (χ0n) is 34.6. The van der Waals surface area contributed by atoms with Crippen molar-refractivity contribution in [3.8, 4) is 22.3 Å². The molecule has 6 aromatic rings. The van der Waals surface area contributed by atoms with Gasteiger partial charge < -0.3 is 39.9 Å². The minimum absolute atomic E-state index is 0.123. The molecule has 2 aliphatic heterocycles. The van der Waals surface area contributed by atoms with Gasteiger partial charge >= 0.3 is 12.2 Å². The molecule has 2 unspecified atom stereocenters. The van der Waals surface area contributed by atoms with Crippen molar-refractivity contribution in [3.05, 3.63) is 72.6 Å². The van der Waals surface area contributed by atoms with Crippen molar-refractivity contribution in [1.82, 2.24) is 50.3 Å². The Hall–Kier alpha value is -6.58. The van der Waals surface area contributed by atoms with Gasteiger partial charge in [-0.05, 0) is 83.7 Å². The third-order valence-corrected chi connectivity index (χ3v) is 11.7. The molecule has 16 nitrogen and oxygen atoms in total. The molecule has 4 amide bonds. The fourth-order valence-corrected chi connectivity index (χ4v) is 8.45. The molecular formula is C44H50N10O6. The number of ether oxygens (including phenoxy) is 2. The first-order chi connectivity index (χ1) is 28.9. The Morgan fingerprint density at radius 3 is 1.43 bits per heavy atom. The molecule has 4 atom stereocenters. The summed E-state index contributed by atoms with van der Waals surface area (Å²) in [5.41, 5.74) is 6.51. The van der Waals surface area contributed by atoms with E-state index in [-0.39, 0.29) is 35.7 Å². The predicted octanol–water partition coefficient (Wildman–Crippen LogP) is 6.80. The van der Waals surface area contributed by atoms with Crippen LogP contribution in [-0.4, -0.2) is 103 Å². The number of alkyl carbamates (subject to hydrolysis) is 2. The largest absolute Gasteiger partial charge is 0.453 e. The summed E-state index contributed by atoms with van der Waals surface area (Å²) in [4.78, 5) is 80.8. The Morgan fingerprint density at radius 2 is 1.05 bits per heavy atom. The lowest BCUT2D eigenvalue weighted by Crippen LogP contribution is -2.51. The molecule has 16 heteroatoms. The van der Waals surface area contributed by atoms with Gasteiger partial charge in [0.05, 0.1) is 26.3 Å². The van der Waals surface area contributed by atoms with Gasteiger partial charge in [0.1, 0.15) is 34.8 Å². The number of likely N-dealkylation sites (tertiary alicyclic amines) is 2. The van der Waals surface area contributed by atoms with Crippen molar-refractivity contribution in [2.45, 2.75) is 77.5 Å². The van der Waals surface area contributed by atoms with Crippen LogP contribution in [0.25, 0.3) is 55.4 Å². The van der Waals surface area contributed by atoms with Gasteiger partial charge in [0.2, 0.25) is 11.8 Å². The lowest BCUT2D eigenvalue weighted by molar-refractivity contribution is -0.136. The maximum atomic E-state index is 13.6. The molecular weight excluding hydrogens is 765 g/mol. The minimum Gasteiger partial charge on any atom is -0.453 e. The third-order valence-electron chi connectivity index (χ3n) is 11.7. The van der Waals surface area contributed by atoms with E-state index in [9.17, 15) is 19.2 Å². The van der Waals surface area contributed by atoms with E-state index in [0.717, 1.165) is 58.7 Å². The summed E-state index contributed by atoms with van der Waals surface area (Å²) in [6.07, 6.45) is 5.53. The number of hydrogen-bond acceptors (Lipinski definition) is 10. The van der Waals surface area contributed by atoms with Gasteiger partial charge in [-0.2, -0.15) is 0 Å². The van der Waals surface area contributed by atoms with Crippen molar-refractivity contribution >= 4 is 57.1 Å². The average Bonchev–Trinajstić information content (AvgIpc) is 4.08. The van der Waals surface area contributed by atoms with Crippen molar-refractivity contribution in [2.75, 3.05) is 27.3 Å². The molecule has 2 aliphatic rings. The summed E-state index contributed by atoms with van der Waals surface area (Å²) in [5.74, 6) is 0.778. The first-order valence-electron chi connectivity index (χ1n) is 20.5. The quantitative estimate of drug-likeness (QED) is 0.114. The number of rotatable bonds is 10. The first-order valence-corrected chi connectivity index (χ1v) is 20.5. The van der Waals surface area contributed by atoms with Crippen LogP contribution < -0.4 is 10.6 Å². The van der Waals surface area contributed by atoms with Crippen molar-refractivity contribution < 1.29 is 28.7 Å². The molecule has 0 spiro atoms. The summed E-state index contributed by atoms with van der Waals surface area (Å²) in [6.45, 7) is 8.72. The highest BCUT2D eigenvalue weighted by atomic mass is 16.5. The fraction of sp³-hybridized carbons (Fsp3) is 0.409. The van der Waals surface area contributed by atoms with E-state index in [1.54, 1.807) is 9.80 Å². The van der Waals surface area contributed by atoms with E-state index in [2.05, 4.69) is 57.0 Å². The van der Waals surface area contributed by atoms with Gasteiger partial charge in [0, 0.05) is 36.6 Å². The number of aromatic nitrogens is 6. The molecule has 2 fully saturated rings. The summed E-state index contributed by atoms with van der Waals surface area (Å²) in [6, 6.07) is 14.7. The highest BCUT2D eigenvalue weighted by molar-refractivity contribution is 5.93. The number of nitrogens with one attached hydrogen (secondary N) is 4. The van der Waals surface area contributed by atoms with Crippen LogP contribution in [0.15, 0.2) is 60.9 Å². The maximum Gasteiger partial charge on any atom is 0.407 e. The van der Waals surface area contributed by atoms with Crippen LogP contribution in [0.3, 0.4) is 0 Å². The average molecular weight is 815 g/mol. The van der Waals surface area contributed by atoms with Gasteiger partial charge in [-0.25, -0.2) is 29.5 Å². The SMILES string of the molecule is COC(=O)NC(C(=O)N1CCC[C@H]1c1nc2cc(-c3ccc4cc(-c5cnc6[nH]c([C@@H]7CCCN7C(=O)C(NC(=O)OC)C(C)C)nc6c5)ccc4c3)cnc2[nH]1)C(C)C. The minimum atomic E-state index is -0.711.